The number of anilines is 2. The van der Waals surface area contributed by atoms with Crippen molar-refractivity contribution >= 4 is 28.1 Å². The Labute approximate surface area is 164 Å². The molecular formula is C20H27N5OS. The normalized spacial score (nSPS) is 22.7. The Hall–Kier alpha value is -1.99. The molecule has 0 saturated carbocycles. The van der Waals surface area contributed by atoms with Gasteiger partial charge in [-0.25, -0.2) is 4.98 Å². The Morgan fingerprint density at radius 2 is 1.96 bits per heavy atom. The van der Waals surface area contributed by atoms with Gasteiger partial charge in [-0.3, -0.25) is 14.7 Å². The van der Waals surface area contributed by atoms with Crippen molar-refractivity contribution < 1.29 is 4.79 Å². The zero-order chi connectivity index (χ0) is 19.0. The van der Waals surface area contributed by atoms with E-state index in [0.717, 1.165) is 44.1 Å². The third kappa shape index (κ3) is 4.14. The molecule has 4 rings (SSSR count). The summed E-state index contributed by atoms with van der Waals surface area (Å²) in [5.41, 5.74) is 3.91. The summed E-state index contributed by atoms with van der Waals surface area (Å²) in [7, 11) is 0. The molecule has 1 unspecified atom stereocenters. The number of thiazole rings is 1. The van der Waals surface area contributed by atoms with E-state index in [9.17, 15) is 4.79 Å². The second-order valence-corrected chi connectivity index (χ2v) is 9.17. The molecule has 2 saturated heterocycles. The molecule has 2 aliphatic rings. The maximum absolute atomic E-state index is 11.2. The van der Waals surface area contributed by atoms with Crippen molar-refractivity contribution in [3.8, 4) is 0 Å². The molecular weight excluding hydrogens is 358 g/mol. The zero-order valence-corrected chi connectivity index (χ0v) is 17.1. The van der Waals surface area contributed by atoms with Crippen LogP contribution >= 0.6 is 11.3 Å². The van der Waals surface area contributed by atoms with Crippen molar-refractivity contribution in [1.82, 2.24) is 14.9 Å². The second kappa shape index (κ2) is 7.20. The molecule has 1 spiro atoms. The van der Waals surface area contributed by atoms with E-state index in [2.05, 4.69) is 51.1 Å². The fourth-order valence-corrected chi connectivity index (χ4v) is 5.36. The zero-order valence-electron chi connectivity index (χ0n) is 16.3. The van der Waals surface area contributed by atoms with Crippen LogP contribution in [0.5, 0.6) is 0 Å². The molecule has 4 heterocycles. The van der Waals surface area contributed by atoms with E-state index in [-0.39, 0.29) is 5.91 Å². The minimum absolute atomic E-state index is 0.0661. The number of nitrogens with zero attached hydrogens (tertiary/aromatic N) is 4. The maximum atomic E-state index is 11.2. The number of pyridine rings is 1. The highest BCUT2D eigenvalue weighted by Gasteiger charge is 2.43. The van der Waals surface area contributed by atoms with Gasteiger partial charge in [0.05, 0.1) is 0 Å². The first kappa shape index (κ1) is 18.4. The molecule has 1 N–H and O–H groups in total. The molecule has 0 aromatic carbocycles. The number of hydrogen-bond acceptors (Lipinski definition) is 6. The van der Waals surface area contributed by atoms with Crippen molar-refractivity contribution in [2.75, 3.05) is 36.4 Å². The lowest BCUT2D eigenvalue weighted by Crippen LogP contribution is -2.30. The predicted octanol–water partition coefficient (Wildman–Crippen LogP) is 3.22. The molecule has 2 fully saturated rings. The maximum Gasteiger partial charge on any atom is 0.223 e. The monoisotopic (exact) mass is 385 g/mol. The van der Waals surface area contributed by atoms with Gasteiger partial charge in [0.1, 0.15) is 0 Å². The second-order valence-electron chi connectivity index (χ2n) is 8.05. The fraction of sp³-hybridized carbons (Fsp3) is 0.550. The standard InChI is InChI=1S/C20H27N5OS/c1-14-8-17(9-15(2)22-14)25-7-5-20(13-25)4-6-24(12-20)11-18-10-21-19(27-18)23-16(3)26/h8-10H,4-7,11-13H2,1-3H3,(H,21,23,26). The number of aromatic nitrogens is 2. The van der Waals surface area contributed by atoms with Crippen LogP contribution in [-0.2, 0) is 11.3 Å². The highest BCUT2D eigenvalue weighted by Crippen LogP contribution is 2.41. The number of rotatable bonds is 4. The molecule has 2 aromatic heterocycles. The minimum atomic E-state index is -0.0661. The molecule has 6 nitrogen and oxygen atoms in total. The molecule has 0 bridgehead atoms. The molecule has 1 amide bonds. The van der Waals surface area contributed by atoms with Crippen molar-refractivity contribution in [2.45, 2.75) is 40.2 Å². The SMILES string of the molecule is CC(=O)Nc1ncc(CN2CCC3(CCN(c4cc(C)nc(C)c4)C3)C2)s1. The number of carbonyl (C=O) groups excluding carboxylic acids is 1. The number of amides is 1. The summed E-state index contributed by atoms with van der Waals surface area (Å²) in [4.78, 5) is 26.3. The highest BCUT2D eigenvalue weighted by molar-refractivity contribution is 7.15. The molecule has 144 valence electrons. The summed E-state index contributed by atoms with van der Waals surface area (Å²) < 4.78 is 0. The van der Waals surface area contributed by atoms with Crippen LogP contribution < -0.4 is 10.2 Å². The molecule has 1 atom stereocenters. The lowest BCUT2D eigenvalue weighted by Gasteiger charge is -2.26. The average molecular weight is 386 g/mol. The van der Waals surface area contributed by atoms with Gasteiger partial charge < -0.3 is 10.2 Å². The van der Waals surface area contributed by atoms with Gasteiger partial charge in [-0.2, -0.15) is 0 Å². The van der Waals surface area contributed by atoms with E-state index >= 15 is 0 Å². The van der Waals surface area contributed by atoms with E-state index in [1.807, 2.05) is 6.20 Å². The minimum Gasteiger partial charge on any atom is -0.371 e. The third-order valence-electron chi connectivity index (χ3n) is 5.60. The first-order valence-electron chi connectivity index (χ1n) is 9.56. The van der Waals surface area contributed by atoms with Crippen molar-refractivity contribution in [2.24, 2.45) is 5.41 Å². The predicted molar refractivity (Wildman–Crippen MR) is 109 cm³/mol. The largest absolute Gasteiger partial charge is 0.371 e. The number of carbonyl (C=O) groups is 1. The van der Waals surface area contributed by atoms with Crippen molar-refractivity contribution in [3.05, 3.63) is 34.6 Å². The van der Waals surface area contributed by atoms with Gasteiger partial charge in [0.15, 0.2) is 5.13 Å². The number of hydrogen-bond donors (Lipinski definition) is 1. The van der Waals surface area contributed by atoms with Crippen LogP contribution in [0.25, 0.3) is 0 Å². The average Bonchev–Trinajstić information content (AvgIpc) is 3.29. The van der Waals surface area contributed by atoms with Crippen LogP contribution in [-0.4, -0.2) is 47.0 Å². The molecule has 0 aliphatic carbocycles. The number of aryl methyl sites for hydroxylation is 2. The van der Waals surface area contributed by atoms with Crippen LogP contribution in [0.3, 0.4) is 0 Å². The van der Waals surface area contributed by atoms with E-state index in [1.54, 1.807) is 11.3 Å². The summed E-state index contributed by atoms with van der Waals surface area (Å²) in [5, 5.41) is 3.47. The van der Waals surface area contributed by atoms with E-state index in [4.69, 9.17) is 0 Å². The lowest BCUT2D eigenvalue weighted by molar-refractivity contribution is -0.114. The molecule has 27 heavy (non-hydrogen) atoms. The molecule has 2 aliphatic heterocycles. The molecule has 0 radical (unpaired) electrons. The topological polar surface area (TPSA) is 61.4 Å². The number of nitrogens with one attached hydrogen (secondary N) is 1. The fourth-order valence-electron chi connectivity index (χ4n) is 4.46. The third-order valence-corrected chi connectivity index (χ3v) is 6.50. The van der Waals surface area contributed by atoms with Crippen LogP contribution in [0.4, 0.5) is 10.8 Å². The quantitative estimate of drug-likeness (QED) is 0.876. The Kier molecular flexibility index (Phi) is 4.90. The Morgan fingerprint density at radius 3 is 2.70 bits per heavy atom. The summed E-state index contributed by atoms with van der Waals surface area (Å²) in [6.45, 7) is 11.1. The Balaban J connectivity index is 1.37. The molecule has 2 aromatic rings. The summed E-state index contributed by atoms with van der Waals surface area (Å²) in [6, 6.07) is 4.42. The Bertz CT molecular complexity index is 830. The summed E-state index contributed by atoms with van der Waals surface area (Å²) in [6.07, 6.45) is 4.40. The van der Waals surface area contributed by atoms with E-state index < -0.39 is 0 Å². The first-order chi connectivity index (χ1) is 12.9. The number of likely N-dealkylation sites (tertiary alicyclic amines) is 1. The van der Waals surface area contributed by atoms with Gasteiger partial charge >= 0.3 is 0 Å². The van der Waals surface area contributed by atoms with Crippen LogP contribution in [0.2, 0.25) is 0 Å². The van der Waals surface area contributed by atoms with Crippen molar-refractivity contribution in [3.63, 3.8) is 0 Å². The van der Waals surface area contributed by atoms with Gasteiger partial charge in [0.2, 0.25) is 5.91 Å². The van der Waals surface area contributed by atoms with Crippen LogP contribution in [0.1, 0.15) is 36.0 Å². The van der Waals surface area contributed by atoms with Gasteiger partial charge in [-0.15, -0.1) is 11.3 Å². The van der Waals surface area contributed by atoms with Gasteiger partial charge in [-0.1, -0.05) is 0 Å². The molecule has 7 heteroatoms. The smallest absolute Gasteiger partial charge is 0.223 e. The first-order valence-corrected chi connectivity index (χ1v) is 10.4. The van der Waals surface area contributed by atoms with E-state index in [0.29, 0.717) is 10.5 Å². The van der Waals surface area contributed by atoms with Gasteiger partial charge in [-0.05, 0) is 45.4 Å². The summed E-state index contributed by atoms with van der Waals surface area (Å²) in [5.74, 6) is -0.0661. The summed E-state index contributed by atoms with van der Waals surface area (Å²) >= 11 is 1.58. The highest BCUT2D eigenvalue weighted by atomic mass is 32.1. The van der Waals surface area contributed by atoms with Gasteiger partial charge in [0, 0.05) is 66.7 Å². The van der Waals surface area contributed by atoms with E-state index in [1.165, 1.54) is 30.3 Å². The van der Waals surface area contributed by atoms with Crippen LogP contribution in [0, 0.1) is 19.3 Å². The van der Waals surface area contributed by atoms with Crippen molar-refractivity contribution in [1.29, 1.82) is 0 Å². The Morgan fingerprint density at radius 1 is 1.22 bits per heavy atom. The lowest BCUT2D eigenvalue weighted by atomic mass is 9.86. The van der Waals surface area contributed by atoms with Gasteiger partial charge in [0.25, 0.3) is 0 Å². The van der Waals surface area contributed by atoms with Crippen LogP contribution in [0.15, 0.2) is 18.3 Å².